The van der Waals surface area contributed by atoms with Gasteiger partial charge in [0.05, 0.1) is 11.2 Å². The van der Waals surface area contributed by atoms with Gasteiger partial charge in [0.15, 0.2) is 0 Å². The van der Waals surface area contributed by atoms with Crippen LogP contribution < -0.4 is 16.0 Å². The van der Waals surface area contributed by atoms with Crippen molar-refractivity contribution >= 4 is 45.7 Å². The van der Waals surface area contributed by atoms with Gasteiger partial charge in [-0.05, 0) is 30.3 Å². The van der Waals surface area contributed by atoms with Crippen LogP contribution in [-0.4, -0.2) is 22.7 Å². The first-order chi connectivity index (χ1) is 12.5. The molecule has 0 bridgehead atoms. The third kappa shape index (κ3) is 4.02. The number of rotatable bonds is 3. The molecule has 7 nitrogen and oxygen atoms in total. The number of para-hydroxylation sites is 1. The Hall–Kier alpha value is -3.74. The van der Waals surface area contributed by atoms with E-state index in [1.54, 1.807) is 48.7 Å². The van der Waals surface area contributed by atoms with E-state index in [0.717, 1.165) is 5.39 Å². The van der Waals surface area contributed by atoms with Crippen LogP contribution in [0.4, 0.5) is 17.1 Å². The summed E-state index contributed by atoms with van der Waals surface area (Å²) in [5.74, 6) is -1.86. The van der Waals surface area contributed by atoms with Crippen molar-refractivity contribution in [3.63, 3.8) is 0 Å². The highest BCUT2D eigenvalue weighted by Gasteiger charge is 2.15. The van der Waals surface area contributed by atoms with E-state index in [1.807, 2.05) is 12.1 Å². The second-order valence-electron chi connectivity index (χ2n) is 5.55. The van der Waals surface area contributed by atoms with Gasteiger partial charge in [0.2, 0.25) is 5.91 Å². The molecule has 0 aliphatic heterocycles. The van der Waals surface area contributed by atoms with Crippen LogP contribution in [0.2, 0.25) is 0 Å². The lowest BCUT2D eigenvalue weighted by Gasteiger charge is -2.09. The zero-order chi connectivity index (χ0) is 18.5. The molecule has 1 heterocycles. The van der Waals surface area contributed by atoms with Crippen LogP contribution in [0, 0.1) is 0 Å². The minimum absolute atomic E-state index is 0.227. The highest BCUT2D eigenvalue weighted by Crippen LogP contribution is 2.21. The topological polar surface area (TPSA) is 100 Å². The molecule has 2 aromatic carbocycles. The van der Waals surface area contributed by atoms with E-state index in [2.05, 4.69) is 20.9 Å². The number of hydrogen-bond donors (Lipinski definition) is 3. The Labute approximate surface area is 149 Å². The molecule has 7 heteroatoms. The Balaban J connectivity index is 1.72. The third-order valence-corrected chi connectivity index (χ3v) is 3.53. The molecule has 26 heavy (non-hydrogen) atoms. The number of benzene rings is 2. The lowest BCUT2D eigenvalue weighted by atomic mass is 10.2. The molecule has 1 aromatic heterocycles. The molecule has 0 aliphatic carbocycles. The summed E-state index contributed by atoms with van der Waals surface area (Å²) in [5, 5.41) is 8.53. The van der Waals surface area contributed by atoms with E-state index in [-0.39, 0.29) is 5.91 Å². The first-order valence-electron chi connectivity index (χ1n) is 7.86. The van der Waals surface area contributed by atoms with Gasteiger partial charge in [-0.15, -0.1) is 0 Å². The maximum Gasteiger partial charge on any atom is 0.314 e. The largest absolute Gasteiger partial charge is 0.326 e. The van der Waals surface area contributed by atoms with E-state index < -0.39 is 11.8 Å². The minimum atomic E-state index is -0.821. The van der Waals surface area contributed by atoms with Crippen molar-refractivity contribution in [2.24, 2.45) is 0 Å². The summed E-state index contributed by atoms with van der Waals surface area (Å²) in [6.07, 6.45) is 1.62. The Morgan fingerprint density at radius 3 is 2.23 bits per heavy atom. The van der Waals surface area contributed by atoms with Gasteiger partial charge in [0, 0.05) is 29.9 Å². The van der Waals surface area contributed by atoms with Crippen molar-refractivity contribution in [1.82, 2.24) is 4.98 Å². The van der Waals surface area contributed by atoms with E-state index in [9.17, 15) is 14.4 Å². The highest BCUT2D eigenvalue weighted by molar-refractivity contribution is 6.44. The van der Waals surface area contributed by atoms with Gasteiger partial charge in [-0.3, -0.25) is 19.4 Å². The molecule has 0 saturated carbocycles. The summed E-state index contributed by atoms with van der Waals surface area (Å²) in [4.78, 5) is 39.7. The lowest BCUT2D eigenvalue weighted by molar-refractivity contribution is -0.132. The molecule has 0 atom stereocenters. The monoisotopic (exact) mass is 348 g/mol. The summed E-state index contributed by atoms with van der Waals surface area (Å²) in [7, 11) is 0. The number of amides is 3. The van der Waals surface area contributed by atoms with Gasteiger partial charge in [-0.1, -0.05) is 24.3 Å². The zero-order valence-electron chi connectivity index (χ0n) is 13.9. The first-order valence-corrected chi connectivity index (χ1v) is 7.86. The Bertz CT molecular complexity index is 996. The number of aromatic nitrogens is 1. The number of hydrogen-bond acceptors (Lipinski definition) is 4. The average Bonchev–Trinajstić information content (AvgIpc) is 2.61. The molecule has 3 rings (SSSR count). The maximum atomic E-state index is 12.2. The molecule has 3 N–H and O–H groups in total. The predicted molar refractivity (Wildman–Crippen MR) is 99.7 cm³/mol. The van der Waals surface area contributed by atoms with Crippen LogP contribution in [0.25, 0.3) is 10.9 Å². The quantitative estimate of drug-likeness (QED) is 0.634. The number of nitrogens with zero attached hydrogens (tertiary/aromatic N) is 1. The predicted octanol–water partition coefficient (Wildman–Crippen LogP) is 2.77. The molecule has 0 aliphatic rings. The van der Waals surface area contributed by atoms with Gasteiger partial charge in [0.25, 0.3) is 0 Å². The Kier molecular flexibility index (Phi) is 4.89. The van der Waals surface area contributed by atoms with E-state index in [1.165, 1.54) is 6.92 Å². The smallest absolute Gasteiger partial charge is 0.314 e. The van der Waals surface area contributed by atoms with Crippen LogP contribution in [0.3, 0.4) is 0 Å². The third-order valence-electron chi connectivity index (χ3n) is 3.53. The average molecular weight is 348 g/mol. The second kappa shape index (κ2) is 7.43. The number of nitrogens with one attached hydrogen (secondary N) is 3. The summed E-state index contributed by atoms with van der Waals surface area (Å²) in [6.45, 7) is 1.39. The molecule has 3 amide bonds. The van der Waals surface area contributed by atoms with Crippen molar-refractivity contribution in [3.8, 4) is 0 Å². The van der Waals surface area contributed by atoms with E-state index in [0.29, 0.717) is 22.6 Å². The molecule has 0 fully saturated rings. The molecule has 0 spiro atoms. The van der Waals surface area contributed by atoms with Crippen LogP contribution in [0.5, 0.6) is 0 Å². The van der Waals surface area contributed by atoms with Gasteiger partial charge >= 0.3 is 11.8 Å². The fourth-order valence-corrected chi connectivity index (χ4v) is 2.45. The Morgan fingerprint density at radius 1 is 0.808 bits per heavy atom. The number of carbonyl (C=O) groups is 3. The van der Waals surface area contributed by atoms with Crippen LogP contribution in [-0.2, 0) is 14.4 Å². The van der Waals surface area contributed by atoms with Crippen LogP contribution in [0.15, 0.2) is 60.8 Å². The highest BCUT2D eigenvalue weighted by atomic mass is 16.2. The summed E-state index contributed by atoms with van der Waals surface area (Å²) in [5.41, 5.74) is 1.97. The molecule has 0 unspecified atom stereocenters. The van der Waals surface area contributed by atoms with E-state index >= 15 is 0 Å². The first kappa shape index (κ1) is 17.1. The molecular weight excluding hydrogens is 332 g/mol. The van der Waals surface area contributed by atoms with Crippen molar-refractivity contribution in [3.05, 3.63) is 60.8 Å². The number of anilines is 3. The molecule has 3 aromatic rings. The van der Waals surface area contributed by atoms with Crippen molar-refractivity contribution in [2.45, 2.75) is 6.92 Å². The molecule has 0 saturated heterocycles. The second-order valence-corrected chi connectivity index (χ2v) is 5.55. The molecular formula is C19H16N4O3. The van der Waals surface area contributed by atoms with Gasteiger partial charge < -0.3 is 16.0 Å². The van der Waals surface area contributed by atoms with Crippen LogP contribution >= 0.6 is 0 Å². The maximum absolute atomic E-state index is 12.2. The van der Waals surface area contributed by atoms with Gasteiger partial charge in [-0.2, -0.15) is 0 Å². The lowest BCUT2D eigenvalue weighted by Crippen LogP contribution is -2.29. The number of carbonyl (C=O) groups excluding carboxylic acids is 3. The van der Waals surface area contributed by atoms with E-state index in [4.69, 9.17) is 0 Å². The molecule has 130 valence electrons. The van der Waals surface area contributed by atoms with Gasteiger partial charge in [-0.25, -0.2) is 0 Å². The SMILES string of the molecule is CC(=O)Nc1cccc(NC(=O)C(=O)Nc2cccc3cccnc23)c1. The van der Waals surface area contributed by atoms with Crippen molar-refractivity contribution in [2.75, 3.05) is 16.0 Å². The molecule has 0 radical (unpaired) electrons. The Morgan fingerprint density at radius 2 is 1.46 bits per heavy atom. The van der Waals surface area contributed by atoms with Crippen LogP contribution in [0.1, 0.15) is 6.92 Å². The normalized spacial score (nSPS) is 10.2. The van der Waals surface area contributed by atoms with Crippen molar-refractivity contribution in [1.29, 1.82) is 0 Å². The number of fused-ring (bicyclic) bond motifs is 1. The fraction of sp³-hybridized carbons (Fsp3) is 0.0526. The van der Waals surface area contributed by atoms with Crippen molar-refractivity contribution < 1.29 is 14.4 Å². The summed E-state index contributed by atoms with van der Waals surface area (Å²) < 4.78 is 0. The van der Waals surface area contributed by atoms with Gasteiger partial charge in [0.1, 0.15) is 0 Å². The zero-order valence-corrected chi connectivity index (χ0v) is 13.9. The number of pyridine rings is 1. The summed E-state index contributed by atoms with van der Waals surface area (Å²) >= 11 is 0. The fourth-order valence-electron chi connectivity index (χ4n) is 2.45. The standard InChI is InChI=1S/C19H16N4O3/c1-12(24)21-14-7-3-8-15(11-14)22-18(25)19(26)23-16-9-2-5-13-6-4-10-20-17(13)16/h2-11H,1H3,(H,21,24)(H,22,25)(H,23,26). The minimum Gasteiger partial charge on any atom is -0.326 e. The summed E-state index contributed by atoms with van der Waals surface area (Å²) in [6, 6.07) is 15.5.